The van der Waals surface area contributed by atoms with Crippen LogP contribution in [0.25, 0.3) is 0 Å². The number of carboxylic acids is 1. The van der Waals surface area contributed by atoms with E-state index in [0.717, 1.165) is 35.7 Å². The lowest BCUT2D eigenvalue weighted by Gasteiger charge is -2.31. The van der Waals surface area contributed by atoms with E-state index in [1.165, 1.54) is 16.4 Å². The Kier molecular flexibility index (Phi) is 11.4. The largest absolute Gasteiger partial charge is 0.490 e. The number of benzene rings is 1. The Morgan fingerprint density at radius 2 is 1.64 bits per heavy atom. The van der Waals surface area contributed by atoms with Crippen molar-refractivity contribution in [2.75, 3.05) is 50.5 Å². The van der Waals surface area contributed by atoms with E-state index in [2.05, 4.69) is 15.3 Å². The predicted molar refractivity (Wildman–Crippen MR) is 156 cm³/mol. The van der Waals surface area contributed by atoms with Crippen LogP contribution in [0.3, 0.4) is 0 Å². The summed E-state index contributed by atoms with van der Waals surface area (Å²) < 4.78 is 87.7. The number of rotatable bonds is 9. The molecule has 45 heavy (non-hydrogen) atoms. The number of pyridine rings is 1. The third-order valence-corrected chi connectivity index (χ3v) is 9.40. The van der Waals surface area contributed by atoms with Crippen LogP contribution in [-0.4, -0.2) is 90.4 Å². The first-order valence-corrected chi connectivity index (χ1v) is 15.4. The molecule has 0 spiro atoms. The number of aliphatic carboxylic acids is 1. The van der Waals surface area contributed by atoms with Gasteiger partial charge in [-0.3, -0.25) is 4.79 Å². The normalized spacial score (nSPS) is 14.6. The number of hydrogen-bond acceptors (Lipinski definition) is 11. The van der Waals surface area contributed by atoms with Gasteiger partial charge in [-0.25, -0.2) is 32.0 Å². The molecule has 3 heterocycles. The summed E-state index contributed by atoms with van der Waals surface area (Å²) in [6.07, 6.45) is -3.52. The second kappa shape index (κ2) is 14.4. The number of nitrogens with two attached hydrogens (primary N) is 2. The molecule has 0 atom stereocenters. The zero-order valence-electron chi connectivity index (χ0n) is 23.9. The van der Waals surface area contributed by atoms with Crippen LogP contribution in [0.5, 0.6) is 0 Å². The number of halogens is 5. The zero-order valence-corrected chi connectivity index (χ0v) is 25.6. The van der Waals surface area contributed by atoms with Crippen molar-refractivity contribution in [2.45, 2.75) is 36.4 Å². The van der Waals surface area contributed by atoms with E-state index in [9.17, 15) is 35.2 Å². The Morgan fingerprint density at radius 3 is 2.16 bits per heavy atom. The Labute approximate surface area is 258 Å². The number of thiazole rings is 1. The Balaban J connectivity index is 0.000000707. The first-order chi connectivity index (χ1) is 20.9. The number of alkyl halides is 3. The molecule has 0 saturated carbocycles. The summed E-state index contributed by atoms with van der Waals surface area (Å²) in [5.74, 6) is -5.77. The molecule has 1 saturated heterocycles. The molecule has 1 aromatic carbocycles. The second-order valence-electron chi connectivity index (χ2n) is 10.0. The molecule has 4 rings (SSSR count). The number of aromatic nitrogens is 2. The molecular formula is C26H30F5N7O5S2. The van der Waals surface area contributed by atoms with Crippen LogP contribution in [0.1, 0.15) is 33.8 Å². The number of carbonyl (C=O) groups is 2. The molecule has 1 aliphatic heterocycles. The van der Waals surface area contributed by atoms with Gasteiger partial charge in [-0.05, 0) is 51.2 Å². The van der Waals surface area contributed by atoms with Crippen molar-refractivity contribution in [3.8, 4) is 0 Å². The third kappa shape index (κ3) is 9.05. The SMILES string of the molecule is CN(C)CCc1ccc(S(=O)(=O)N2CCC(Nc3nc(N)c(C(=O)c4c(F)cccc4F)s3)CC2)c(N)n1.O=C(O)C(F)(F)F. The van der Waals surface area contributed by atoms with Gasteiger partial charge in [0.1, 0.15) is 33.0 Å². The monoisotopic (exact) mass is 679 g/mol. The number of carbonyl (C=O) groups excluding carboxylic acids is 1. The number of anilines is 3. The van der Waals surface area contributed by atoms with Crippen molar-refractivity contribution in [1.82, 2.24) is 19.2 Å². The molecule has 12 nitrogen and oxygen atoms in total. The summed E-state index contributed by atoms with van der Waals surface area (Å²) in [6.45, 7) is 1.23. The highest BCUT2D eigenvalue weighted by Crippen LogP contribution is 2.31. The molecule has 246 valence electrons. The number of carboxylic acid groups (broad SMARTS) is 1. The van der Waals surface area contributed by atoms with Gasteiger partial charge in [0, 0.05) is 37.8 Å². The van der Waals surface area contributed by atoms with Gasteiger partial charge >= 0.3 is 12.1 Å². The van der Waals surface area contributed by atoms with Crippen LogP contribution >= 0.6 is 11.3 Å². The average Bonchev–Trinajstić information content (AvgIpc) is 3.31. The first kappa shape index (κ1) is 35.5. The molecule has 19 heteroatoms. The molecule has 1 aliphatic rings. The standard InChI is InChI=1S/C24H29F2N7O3S2.C2HF3O2/c1-32(2)11-8-14-6-7-18(22(27)29-14)38(35,36)33-12-9-15(10-13-33)30-24-31-23(28)21(37-24)20(34)19-16(25)4-3-5-17(19)26;3-2(4,5)1(6)7/h3-7,15H,8-13,28H2,1-2H3,(H2,27,29)(H,30,31);(H,6,7). The van der Waals surface area contributed by atoms with Gasteiger partial charge in [0.05, 0.1) is 5.56 Å². The molecule has 0 aliphatic carbocycles. The lowest BCUT2D eigenvalue weighted by Crippen LogP contribution is -2.42. The smallest absolute Gasteiger partial charge is 0.475 e. The lowest BCUT2D eigenvalue weighted by atomic mass is 10.1. The lowest BCUT2D eigenvalue weighted by molar-refractivity contribution is -0.192. The van der Waals surface area contributed by atoms with Crippen molar-refractivity contribution < 1.29 is 45.1 Å². The number of nitrogens with zero attached hydrogens (tertiary/aromatic N) is 4. The van der Waals surface area contributed by atoms with E-state index < -0.39 is 45.2 Å². The molecule has 2 aromatic heterocycles. The van der Waals surface area contributed by atoms with Crippen molar-refractivity contribution >= 4 is 49.9 Å². The van der Waals surface area contributed by atoms with Crippen molar-refractivity contribution in [3.05, 3.63) is 58.1 Å². The Hall–Kier alpha value is -3.94. The van der Waals surface area contributed by atoms with Crippen LogP contribution in [0.4, 0.5) is 38.7 Å². The number of nitrogens with one attached hydrogen (secondary N) is 1. The fourth-order valence-corrected chi connectivity index (χ4v) is 6.57. The highest BCUT2D eigenvalue weighted by molar-refractivity contribution is 7.89. The van der Waals surface area contributed by atoms with Crippen LogP contribution in [0.2, 0.25) is 0 Å². The summed E-state index contributed by atoms with van der Waals surface area (Å²) in [4.78, 5) is 31.9. The molecule has 0 unspecified atom stereocenters. The van der Waals surface area contributed by atoms with Gasteiger partial charge < -0.3 is 26.8 Å². The third-order valence-electron chi connectivity index (χ3n) is 6.45. The van der Waals surface area contributed by atoms with Gasteiger partial charge in [0.15, 0.2) is 5.13 Å². The maximum atomic E-state index is 14.1. The highest BCUT2D eigenvalue weighted by atomic mass is 32.2. The molecule has 0 bridgehead atoms. The maximum Gasteiger partial charge on any atom is 0.490 e. The Bertz CT molecular complexity index is 1620. The minimum absolute atomic E-state index is 0.0197. The van der Waals surface area contributed by atoms with Crippen molar-refractivity contribution in [3.63, 3.8) is 0 Å². The highest BCUT2D eigenvalue weighted by Gasteiger charge is 2.38. The van der Waals surface area contributed by atoms with Crippen LogP contribution in [-0.2, 0) is 21.2 Å². The van der Waals surface area contributed by atoms with E-state index in [-0.39, 0.29) is 40.5 Å². The van der Waals surface area contributed by atoms with Gasteiger partial charge in [-0.2, -0.15) is 17.5 Å². The van der Waals surface area contributed by atoms with E-state index in [4.69, 9.17) is 21.4 Å². The average molecular weight is 680 g/mol. The first-order valence-electron chi connectivity index (χ1n) is 13.1. The number of nitrogen functional groups attached to an aromatic ring is 2. The summed E-state index contributed by atoms with van der Waals surface area (Å²) in [5, 5.41) is 10.6. The topological polar surface area (TPSA) is 185 Å². The van der Waals surface area contributed by atoms with E-state index in [0.29, 0.717) is 24.4 Å². The number of piperidine rings is 1. The number of sulfonamides is 1. The van der Waals surface area contributed by atoms with Crippen molar-refractivity contribution in [2.24, 2.45) is 0 Å². The van der Waals surface area contributed by atoms with Gasteiger partial charge in [-0.1, -0.05) is 17.4 Å². The Morgan fingerprint density at radius 1 is 1.07 bits per heavy atom. The van der Waals surface area contributed by atoms with Crippen molar-refractivity contribution in [1.29, 1.82) is 0 Å². The summed E-state index contributed by atoms with van der Waals surface area (Å²) in [6, 6.07) is 6.20. The molecule has 3 aromatic rings. The minimum Gasteiger partial charge on any atom is -0.475 e. The minimum atomic E-state index is -5.08. The van der Waals surface area contributed by atoms with E-state index in [1.54, 1.807) is 6.07 Å². The summed E-state index contributed by atoms with van der Waals surface area (Å²) in [5.41, 5.74) is 11.9. The molecule has 0 radical (unpaired) electrons. The summed E-state index contributed by atoms with van der Waals surface area (Å²) >= 11 is 0.896. The molecule has 0 amide bonds. The van der Waals surface area contributed by atoms with Crippen LogP contribution < -0.4 is 16.8 Å². The fourth-order valence-electron chi connectivity index (χ4n) is 4.14. The number of ketones is 1. The van der Waals surface area contributed by atoms with Crippen LogP contribution in [0, 0.1) is 11.6 Å². The zero-order chi connectivity index (χ0) is 33.7. The molecular weight excluding hydrogens is 649 g/mol. The van der Waals surface area contributed by atoms with Gasteiger partial charge in [-0.15, -0.1) is 0 Å². The van der Waals surface area contributed by atoms with Gasteiger partial charge in [0.2, 0.25) is 15.8 Å². The number of likely N-dealkylation sites (N-methyl/N-ethyl adjacent to an activating group) is 1. The maximum absolute atomic E-state index is 14.1. The second-order valence-corrected chi connectivity index (χ2v) is 12.9. The van der Waals surface area contributed by atoms with Gasteiger partial charge in [0.25, 0.3) is 0 Å². The van der Waals surface area contributed by atoms with E-state index in [1.807, 2.05) is 19.0 Å². The quantitative estimate of drug-likeness (QED) is 0.192. The number of hydrogen-bond donors (Lipinski definition) is 4. The fraction of sp³-hybridized carbons (Fsp3) is 0.385. The van der Waals surface area contributed by atoms with Crippen LogP contribution in [0.15, 0.2) is 35.2 Å². The summed E-state index contributed by atoms with van der Waals surface area (Å²) in [7, 11) is 0.0493. The van der Waals surface area contributed by atoms with E-state index >= 15 is 0 Å². The predicted octanol–water partition coefficient (Wildman–Crippen LogP) is 3.21. The molecule has 6 N–H and O–H groups in total. The molecule has 1 fully saturated rings.